The molecular formula is C4H13BiS2. The van der Waals surface area contributed by atoms with E-state index in [1.807, 2.05) is 13.8 Å². The zero-order valence-corrected chi connectivity index (χ0v) is 12.0. The molecule has 0 saturated heterocycles. The van der Waals surface area contributed by atoms with Crippen molar-refractivity contribution in [3.8, 4) is 0 Å². The molecule has 0 amide bonds. The standard InChI is InChI=1S/C4H10S2.Bi.3H/c1-3(5)4(2)6;;;;/h3-6H,1-2H3;;;;. The van der Waals surface area contributed by atoms with Crippen molar-refractivity contribution in [1.29, 1.82) is 0 Å². The number of thiol groups is 2. The summed E-state index contributed by atoms with van der Waals surface area (Å²) in [5.41, 5.74) is 0. The Morgan fingerprint density at radius 3 is 1.14 bits per heavy atom. The first-order valence-electron chi connectivity index (χ1n) is 2.00. The molecule has 2 atom stereocenters. The van der Waals surface area contributed by atoms with Crippen molar-refractivity contribution in [2.45, 2.75) is 24.3 Å². The van der Waals surface area contributed by atoms with Gasteiger partial charge in [0.1, 0.15) is 0 Å². The van der Waals surface area contributed by atoms with E-state index in [0.29, 0.717) is 10.5 Å². The molecule has 0 nitrogen and oxygen atoms in total. The molecule has 2 unspecified atom stereocenters. The molecule has 0 aromatic heterocycles. The molecule has 0 spiro atoms. The van der Waals surface area contributed by atoms with E-state index in [4.69, 9.17) is 0 Å². The van der Waals surface area contributed by atoms with Crippen molar-refractivity contribution in [2.24, 2.45) is 0 Å². The summed E-state index contributed by atoms with van der Waals surface area (Å²) in [5, 5.41) is 0.821. The fourth-order valence-electron chi connectivity index (χ4n) is 0. The maximum atomic E-state index is 4.12. The molecule has 0 aromatic carbocycles. The third-order valence-electron chi connectivity index (χ3n) is 0.698. The van der Waals surface area contributed by atoms with Crippen LogP contribution in [0, 0.1) is 0 Å². The normalized spacial score (nSPS) is 17.1. The second kappa shape index (κ2) is 5.71. The Kier molecular flexibility index (Phi) is 9.30. The fraction of sp³-hybridized carbons (Fsp3) is 1.00. The van der Waals surface area contributed by atoms with Gasteiger partial charge in [0, 0.05) is 10.5 Å². The first kappa shape index (κ1) is 11.4. The Morgan fingerprint density at radius 1 is 1.00 bits per heavy atom. The van der Waals surface area contributed by atoms with Crippen LogP contribution in [0.2, 0.25) is 0 Å². The van der Waals surface area contributed by atoms with Gasteiger partial charge in [-0.2, -0.15) is 25.3 Å². The number of hydrogen-bond acceptors (Lipinski definition) is 2. The second-order valence-corrected chi connectivity index (χ2v) is 3.11. The van der Waals surface area contributed by atoms with Crippen LogP contribution in [0.5, 0.6) is 0 Å². The molecule has 0 aromatic rings. The van der Waals surface area contributed by atoms with Crippen molar-refractivity contribution >= 4 is 51.5 Å². The van der Waals surface area contributed by atoms with Gasteiger partial charge in [-0.25, -0.2) is 0 Å². The fourth-order valence-corrected chi connectivity index (χ4v) is 0. The van der Waals surface area contributed by atoms with E-state index in [-0.39, 0.29) is 26.2 Å². The molecular weight excluding hydrogens is 321 g/mol. The first-order valence-corrected chi connectivity index (χ1v) is 3.04. The molecule has 3 heteroatoms. The summed E-state index contributed by atoms with van der Waals surface area (Å²) in [6.45, 7) is 4.06. The van der Waals surface area contributed by atoms with Crippen molar-refractivity contribution in [1.82, 2.24) is 0 Å². The Bertz CT molecular complexity index is 30.7. The molecule has 0 radical (unpaired) electrons. The topological polar surface area (TPSA) is 0 Å². The van der Waals surface area contributed by atoms with E-state index in [9.17, 15) is 0 Å². The molecule has 0 saturated carbocycles. The summed E-state index contributed by atoms with van der Waals surface area (Å²) in [6, 6.07) is 0. The van der Waals surface area contributed by atoms with Gasteiger partial charge in [0.25, 0.3) is 0 Å². The van der Waals surface area contributed by atoms with E-state index in [1.54, 1.807) is 0 Å². The van der Waals surface area contributed by atoms with Crippen LogP contribution in [0.15, 0.2) is 0 Å². The summed E-state index contributed by atoms with van der Waals surface area (Å²) in [7, 11) is 0. The third-order valence-corrected chi connectivity index (χ3v) is 1.83. The van der Waals surface area contributed by atoms with Crippen LogP contribution in [0.25, 0.3) is 0 Å². The summed E-state index contributed by atoms with van der Waals surface area (Å²) in [6.07, 6.45) is 0. The van der Waals surface area contributed by atoms with Crippen molar-refractivity contribution in [3.63, 3.8) is 0 Å². The van der Waals surface area contributed by atoms with Gasteiger partial charge in [-0.1, -0.05) is 13.8 Å². The van der Waals surface area contributed by atoms with Gasteiger partial charge < -0.3 is 0 Å². The Balaban J connectivity index is 0. The van der Waals surface area contributed by atoms with Crippen molar-refractivity contribution < 1.29 is 0 Å². The van der Waals surface area contributed by atoms with Crippen LogP contribution in [0.4, 0.5) is 0 Å². The molecule has 0 aliphatic carbocycles. The minimum atomic E-state index is 0. The summed E-state index contributed by atoms with van der Waals surface area (Å²) >= 11 is 8.23. The van der Waals surface area contributed by atoms with Crippen LogP contribution in [0.3, 0.4) is 0 Å². The van der Waals surface area contributed by atoms with E-state index < -0.39 is 0 Å². The molecule has 0 bridgehead atoms. The molecule has 0 N–H and O–H groups in total. The minimum absolute atomic E-state index is 0. The zero-order valence-electron chi connectivity index (χ0n) is 4.76. The van der Waals surface area contributed by atoms with Gasteiger partial charge in [0.15, 0.2) is 0 Å². The van der Waals surface area contributed by atoms with Crippen molar-refractivity contribution in [2.75, 3.05) is 0 Å². The quantitative estimate of drug-likeness (QED) is 0.505. The Hall–Kier alpha value is 1.58. The van der Waals surface area contributed by atoms with Crippen LogP contribution in [0.1, 0.15) is 13.8 Å². The van der Waals surface area contributed by atoms with Gasteiger partial charge in [-0.05, 0) is 0 Å². The summed E-state index contributed by atoms with van der Waals surface area (Å²) in [4.78, 5) is 0. The summed E-state index contributed by atoms with van der Waals surface area (Å²) in [5.74, 6) is 0. The summed E-state index contributed by atoms with van der Waals surface area (Å²) < 4.78 is 0. The van der Waals surface area contributed by atoms with E-state index in [1.165, 1.54) is 0 Å². The second-order valence-electron chi connectivity index (χ2n) is 1.48. The monoisotopic (exact) mass is 334 g/mol. The molecule has 46 valence electrons. The SMILES string of the molecule is CC(S)C(C)S.[BiH3]. The molecule has 0 aliphatic rings. The molecule has 0 rings (SSSR count). The van der Waals surface area contributed by atoms with Crippen molar-refractivity contribution in [3.05, 3.63) is 0 Å². The maximum absolute atomic E-state index is 4.12. The predicted molar refractivity (Wildman–Crippen MR) is 46.8 cm³/mol. The Morgan fingerprint density at radius 2 is 1.14 bits per heavy atom. The van der Waals surface area contributed by atoms with Gasteiger partial charge >= 0.3 is 26.2 Å². The third kappa shape index (κ3) is 7.58. The average molecular weight is 334 g/mol. The van der Waals surface area contributed by atoms with Gasteiger partial charge in [-0.3, -0.25) is 0 Å². The van der Waals surface area contributed by atoms with Crippen LogP contribution in [-0.2, 0) is 0 Å². The zero-order chi connectivity index (χ0) is 5.15. The van der Waals surface area contributed by atoms with Gasteiger partial charge in [0.05, 0.1) is 0 Å². The molecule has 0 aliphatic heterocycles. The van der Waals surface area contributed by atoms with E-state index in [2.05, 4.69) is 25.3 Å². The Labute approximate surface area is 75.4 Å². The first-order chi connectivity index (χ1) is 2.64. The van der Waals surface area contributed by atoms with Crippen LogP contribution < -0.4 is 0 Å². The van der Waals surface area contributed by atoms with Gasteiger partial charge in [-0.15, -0.1) is 0 Å². The predicted octanol–water partition coefficient (Wildman–Crippen LogP) is 0.439. The van der Waals surface area contributed by atoms with E-state index >= 15 is 0 Å². The van der Waals surface area contributed by atoms with Crippen LogP contribution >= 0.6 is 25.3 Å². The van der Waals surface area contributed by atoms with E-state index in [0.717, 1.165) is 0 Å². The molecule has 0 fully saturated rings. The molecule has 7 heavy (non-hydrogen) atoms. The average Bonchev–Trinajstić information content (AvgIpc) is 1.36. The number of rotatable bonds is 1. The van der Waals surface area contributed by atoms with Crippen LogP contribution in [-0.4, -0.2) is 36.7 Å². The number of hydrogen-bond donors (Lipinski definition) is 2. The molecule has 0 heterocycles. The van der Waals surface area contributed by atoms with Gasteiger partial charge in [0.2, 0.25) is 0 Å².